The molecular formula is C26H36N2O2. The highest BCUT2D eigenvalue weighted by molar-refractivity contribution is 5.87. The molecule has 0 aromatic heterocycles. The molecule has 0 heterocycles. The van der Waals surface area contributed by atoms with Crippen molar-refractivity contribution in [3.63, 3.8) is 0 Å². The van der Waals surface area contributed by atoms with Gasteiger partial charge >= 0.3 is 0 Å². The molecule has 1 N–H and O–H groups in total. The number of rotatable bonds is 11. The summed E-state index contributed by atoms with van der Waals surface area (Å²) in [6.45, 7) is 9.36. The molecule has 0 bridgehead atoms. The van der Waals surface area contributed by atoms with Crippen molar-refractivity contribution in [2.45, 2.75) is 65.3 Å². The van der Waals surface area contributed by atoms with E-state index in [0.29, 0.717) is 31.8 Å². The van der Waals surface area contributed by atoms with Crippen molar-refractivity contribution < 1.29 is 9.59 Å². The summed E-state index contributed by atoms with van der Waals surface area (Å²) in [4.78, 5) is 27.3. The summed E-state index contributed by atoms with van der Waals surface area (Å²) in [6.07, 6.45) is 2.70. The average molecular weight is 409 g/mol. The predicted molar refractivity (Wildman–Crippen MR) is 123 cm³/mol. The summed E-state index contributed by atoms with van der Waals surface area (Å²) >= 11 is 0. The van der Waals surface area contributed by atoms with Gasteiger partial charge in [0, 0.05) is 19.5 Å². The van der Waals surface area contributed by atoms with Gasteiger partial charge in [-0.3, -0.25) is 9.59 Å². The van der Waals surface area contributed by atoms with E-state index in [1.165, 1.54) is 11.1 Å². The molecule has 0 saturated heterocycles. The van der Waals surface area contributed by atoms with E-state index in [1.807, 2.05) is 32.0 Å². The fraction of sp³-hybridized carbons (Fsp3) is 0.462. The maximum atomic E-state index is 13.1. The summed E-state index contributed by atoms with van der Waals surface area (Å²) in [6, 6.07) is 18.1. The lowest BCUT2D eigenvalue weighted by molar-refractivity contribution is -0.139. The van der Waals surface area contributed by atoms with Crippen LogP contribution in [0.3, 0.4) is 0 Å². The molecule has 30 heavy (non-hydrogen) atoms. The predicted octanol–water partition coefficient (Wildman–Crippen LogP) is 4.73. The van der Waals surface area contributed by atoms with Crippen molar-refractivity contribution in [2.24, 2.45) is 0 Å². The summed E-state index contributed by atoms with van der Waals surface area (Å²) in [5, 5.41) is 2.92. The highest BCUT2D eigenvalue weighted by Crippen LogP contribution is 2.16. The van der Waals surface area contributed by atoms with Crippen LogP contribution in [0, 0.1) is 0 Å². The number of nitrogens with zero attached hydrogens (tertiary/aromatic N) is 1. The van der Waals surface area contributed by atoms with E-state index >= 15 is 0 Å². The van der Waals surface area contributed by atoms with Gasteiger partial charge in [0.2, 0.25) is 11.8 Å². The van der Waals surface area contributed by atoms with Crippen molar-refractivity contribution in [3.05, 3.63) is 71.3 Å². The lowest BCUT2D eigenvalue weighted by Crippen LogP contribution is -2.49. The highest BCUT2D eigenvalue weighted by Gasteiger charge is 2.25. The number of hydrogen-bond acceptors (Lipinski definition) is 2. The Kier molecular flexibility index (Phi) is 9.59. The topological polar surface area (TPSA) is 49.4 Å². The van der Waals surface area contributed by atoms with E-state index in [-0.39, 0.29) is 11.8 Å². The molecule has 2 aromatic carbocycles. The zero-order valence-corrected chi connectivity index (χ0v) is 18.9. The van der Waals surface area contributed by atoms with Crippen LogP contribution in [0.15, 0.2) is 54.6 Å². The lowest BCUT2D eigenvalue weighted by atomic mass is 10.00. The molecule has 2 amide bonds. The van der Waals surface area contributed by atoms with Gasteiger partial charge in [-0.05, 0) is 48.8 Å². The summed E-state index contributed by atoms with van der Waals surface area (Å²) in [7, 11) is 0. The third-order valence-electron chi connectivity index (χ3n) is 5.47. The molecule has 2 aromatic rings. The van der Waals surface area contributed by atoms with E-state index in [2.05, 4.69) is 55.6 Å². The second-order valence-corrected chi connectivity index (χ2v) is 8.19. The summed E-state index contributed by atoms with van der Waals surface area (Å²) in [5.74, 6) is 0.439. The third-order valence-corrected chi connectivity index (χ3v) is 5.47. The van der Waals surface area contributed by atoms with Crippen molar-refractivity contribution in [1.82, 2.24) is 10.2 Å². The van der Waals surface area contributed by atoms with Crippen LogP contribution in [-0.2, 0) is 22.4 Å². The number of carbonyl (C=O) groups excluding carboxylic acids is 2. The Labute approximate surface area is 181 Å². The molecule has 1 unspecified atom stereocenters. The van der Waals surface area contributed by atoms with Crippen molar-refractivity contribution >= 4 is 11.8 Å². The van der Waals surface area contributed by atoms with Gasteiger partial charge in [-0.1, -0.05) is 75.4 Å². The SMILES string of the molecule is CCCNC(=O)C(C)N(CCc1ccccc1)C(=O)CCc1ccc(C(C)C)cc1. The summed E-state index contributed by atoms with van der Waals surface area (Å²) < 4.78 is 0. The number of hydrogen-bond donors (Lipinski definition) is 1. The molecule has 2 rings (SSSR count). The van der Waals surface area contributed by atoms with Gasteiger partial charge in [-0.25, -0.2) is 0 Å². The molecule has 0 spiro atoms. The van der Waals surface area contributed by atoms with E-state index in [9.17, 15) is 9.59 Å². The average Bonchev–Trinajstić information content (AvgIpc) is 2.76. The van der Waals surface area contributed by atoms with Gasteiger partial charge in [0.25, 0.3) is 0 Å². The number of carbonyl (C=O) groups is 2. The molecule has 162 valence electrons. The van der Waals surface area contributed by atoms with Crippen LogP contribution in [0.5, 0.6) is 0 Å². The maximum absolute atomic E-state index is 13.1. The molecule has 0 aliphatic carbocycles. The Morgan fingerprint density at radius 1 is 0.900 bits per heavy atom. The van der Waals surface area contributed by atoms with Gasteiger partial charge in [0.1, 0.15) is 6.04 Å². The molecule has 1 atom stereocenters. The normalized spacial score (nSPS) is 11.9. The first-order valence-corrected chi connectivity index (χ1v) is 11.1. The van der Waals surface area contributed by atoms with Crippen molar-refractivity contribution in [1.29, 1.82) is 0 Å². The Hall–Kier alpha value is -2.62. The lowest BCUT2D eigenvalue weighted by Gasteiger charge is -2.29. The van der Waals surface area contributed by atoms with Crippen molar-refractivity contribution in [2.75, 3.05) is 13.1 Å². The maximum Gasteiger partial charge on any atom is 0.242 e. The zero-order chi connectivity index (χ0) is 21.9. The Balaban J connectivity index is 2.03. The van der Waals surface area contributed by atoms with E-state index in [4.69, 9.17) is 0 Å². The minimum absolute atomic E-state index is 0.0259. The van der Waals surface area contributed by atoms with Gasteiger partial charge < -0.3 is 10.2 Å². The molecule has 4 heteroatoms. The largest absolute Gasteiger partial charge is 0.354 e. The van der Waals surface area contributed by atoms with Crippen molar-refractivity contribution in [3.8, 4) is 0 Å². The fourth-order valence-electron chi connectivity index (χ4n) is 3.43. The number of aryl methyl sites for hydroxylation is 1. The van der Waals surface area contributed by atoms with Gasteiger partial charge in [0.15, 0.2) is 0 Å². The van der Waals surface area contributed by atoms with Gasteiger partial charge in [-0.15, -0.1) is 0 Å². The van der Waals surface area contributed by atoms with Crippen LogP contribution >= 0.6 is 0 Å². The minimum atomic E-state index is -0.476. The van der Waals surface area contributed by atoms with Gasteiger partial charge in [-0.2, -0.15) is 0 Å². The second-order valence-electron chi connectivity index (χ2n) is 8.19. The first-order valence-electron chi connectivity index (χ1n) is 11.1. The van der Waals surface area contributed by atoms with Crippen LogP contribution in [0.1, 0.15) is 63.1 Å². The Bertz CT molecular complexity index is 784. The number of benzene rings is 2. The third kappa shape index (κ3) is 7.33. The molecule has 0 aliphatic heterocycles. The fourth-order valence-corrected chi connectivity index (χ4v) is 3.43. The Morgan fingerprint density at radius 3 is 2.13 bits per heavy atom. The zero-order valence-electron chi connectivity index (χ0n) is 18.9. The van der Waals surface area contributed by atoms with Crippen LogP contribution in [-0.4, -0.2) is 35.8 Å². The molecule has 0 aliphatic rings. The standard InChI is InChI=1S/C26H36N2O2/c1-5-18-27-26(30)21(4)28(19-17-22-9-7-6-8-10-22)25(29)16-13-23-11-14-24(15-12-23)20(2)3/h6-12,14-15,20-21H,5,13,16-19H2,1-4H3,(H,27,30). The van der Waals surface area contributed by atoms with Crippen LogP contribution in [0.25, 0.3) is 0 Å². The first kappa shape index (κ1) is 23.7. The highest BCUT2D eigenvalue weighted by atomic mass is 16.2. The van der Waals surface area contributed by atoms with E-state index in [1.54, 1.807) is 4.90 Å². The smallest absolute Gasteiger partial charge is 0.242 e. The van der Waals surface area contributed by atoms with Gasteiger partial charge in [0.05, 0.1) is 0 Å². The Morgan fingerprint density at radius 2 is 1.53 bits per heavy atom. The quantitative estimate of drug-likeness (QED) is 0.584. The molecule has 0 saturated carbocycles. The number of nitrogens with one attached hydrogen (secondary N) is 1. The van der Waals surface area contributed by atoms with Crippen LogP contribution < -0.4 is 5.32 Å². The molecule has 0 fully saturated rings. The molecule has 0 radical (unpaired) electrons. The molecule has 4 nitrogen and oxygen atoms in total. The molecular weight excluding hydrogens is 372 g/mol. The van der Waals surface area contributed by atoms with Crippen LogP contribution in [0.4, 0.5) is 0 Å². The second kappa shape index (κ2) is 12.2. The monoisotopic (exact) mass is 408 g/mol. The van der Waals surface area contributed by atoms with Crippen LogP contribution in [0.2, 0.25) is 0 Å². The van der Waals surface area contributed by atoms with E-state index < -0.39 is 6.04 Å². The minimum Gasteiger partial charge on any atom is -0.354 e. The first-order chi connectivity index (χ1) is 14.4. The summed E-state index contributed by atoms with van der Waals surface area (Å²) in [5.41, 5.74) is 3.62. The van der Waals surface area contributed by atoms with E-state index in [0.717, 1.165) is 18.4 Å². The number of amides is 2.